The van der Waals surface area contributed by atoms with Crippen molar-refractivity contribution in [2.45, 2.75) is 73.9 Å². The Morgan fingerprint density at radius 1 is 0.792 bits per heavy atom. The van der Waals surface area contributed by atoms with Crippen LogP contribution < -0.4 is 5.32 Å². The van der Waals surface area contributed by atoms with Crippen LogP contribution in [-0.2, 0) is 9.47 Å². The lowest BCUT2D eigenvalue weighted by molar-refractivity contribution is -0.291. The summed E-state index contributed by atoms with van der Waals surface area (Å²) < 4.78 is 10.3. The molecule has 2 aliphatic heterocycles. The quantitative estimate of drug-likeness (QED) is 0.241. The standard InChI is InChI=1S/C14H27NO9/c1-23-14-13(22)12(21)10(19)7(24-14)3-2-5-8(17)11(20)9(18)6(4-16)15-5/h5-22H,2-4H2,1H3/t5?,6-,7?,8+,9-,10-,11-,12+,13-,14+/m1/s1. The number of aliphatic hydroxyl groups is 7. The maximum Gasteiger partial charge on any atom is 0.186 e. The number of hydrogen-bond acceptors (Lipinski definition) is 10. The molecule has 2 saturated heterocycles. The summed E-state index contributed by atoms with van der Waals surface area (Å²) in [5, 5.41) is 71.2. The molecule has 0 aromatic rings. The molecule has 0 aliphatic carbocycles. The predicted molar refractivity (Wildman–Crippen MR) is 78.7 cm³/mol. The molecule has 0 spiro atoms. The number of hydrogen-bond donors (Lipinski definition) is 8. The van der Waals surface area contributed by atoms with Crippen molar-refractivity contribution in [3.63, 3.8) is 0 Å². The molecule has 24 heavy (non-hydrogen) atoms. The van der Waals surface area contributed by atoms with E-state index in [0.717, 1.165) is 0 Å². The molecule has 0 saturated carbocycles. The lowest BCUT2D eigenvalue weighted by Gasteiger charge is -2.43. The molecule has 142 valence electrons. The van der Waals surface area contributed by atoms with Crippen molar-refractivity contribution in [2.24, 2.45) is 0 Å². The third-order valence-corrected chi connectivity index (χ3v) is 4.81. The Kier molecular flexibility index (Phi) is 6.90. The van der Waals surface area contributed by atoms with Gasteiger partial charge in [0.25, 0.3) is 0 Å². The Hall–Kier alpha value is -0.400. The first-order chi connectivity index (χ1) is 11.3. The molecule has 0 aromatic carbocycles. The summed E-state index contributed by atoms with van der Waals surface area (Å²) in [5.74, 6) is 0. The van der Waals surface area contributed by atoms with Crippen molar-refractivity contribution in [3.8, 4) is 0 Å². The second-order valence-electron chi connectivity index (χ2n) is 6.36. The molecule has 2 fully saturated rings. The van der Waals surface area contributed by atoms with E-state index in [1.54, 1.807) is 0 Å². The van der Waals surface area contributed by atoms with Gasteiger partial charge < -0.3 is 50.5 Å². The van der Waals surface area contributed by atoms with E-state index < -0.39 is 67.7 Å². The van der Waals surface area contributed by atoms with Gasteiger partial charge in [-0.25, -0.2) is 0 Å². The SMILES string of the molecule is CO[C@H]1OC(CCC2N[C@H](CO)[C@@H](O)[C@H](O)[C@H]2O)[C@@H](O)[C@H](O)[C@H]1O. The fourth-order valence-corrected chi connectivity index (χ4v) is 3.26. The molecule has 10 heteroatoms. The van der Waals surface area contributed by atoms with Gasteiger partial charge in [-0.05, 0) is 12.8 Å². The molecule has 0 bridgehead atoms. The number of nitrogens with one attached hydrogen (secondary N) is 1. The second-order valence-corrected chi connectivity index (χ2v) is 6.36. The van der Waals surface area contributed by atoms with E-state index in [9.17, 15) is 35.7 Å². The van der Waals surface area contributed by atoms with Crippen LogP contribution in [0.5, 0.6) is 0 Å². The van der Waals surface area contributed by atoms with E-state index in [1.165, 1.54) is 7.11 Å². The van der Waals surface area contributed by atoms with E-state index in [1.807, 2.05) is 0 Å². The average Bonchev–Trinajstić information content (AvgIpc) is 2.58. The van der Waals surface area contributed by atoms with Crippen LogP contribution in [0.25, 0.3) is 0 Å². The van der Waals surface area contributed by atoms with Crippen LogP contribution in [0, 0.1) is 0 Å². The molecule has 2 rings (SSSR count). The molecule has 2 heterocycles. The van der Waals surface area contributed by atoms with Crippen LogP contribution in [0.3, 0.4) is 0 Å². The van der Waals surface area contributed by atoms with E-state index >= 15 is 0 Å². The van der Waals surface area contributed by atoms with Crippen LogP contribution in [0.4, 0.5) is 0 Å². The Labute approximate surface area is 139 Å². The number of rotatable bonds is 5. The van der Waals surface area contributed by atoms with Crippen molar-refractivity contribution in [3.05, 3.63) is 0 Å². The lowest BCUT2D eigenvalue weighted by Crippen LogP contribution is -2.66. The Morgan fingerprint density at radius 2 is 1.38 bits per heavy atom. The summed E-state index contributed by atoms with van der Waals surface area (Å²) in [4.78, 5) is 0. The van der Waals surface area contributed by atoms with Crippen molar-refractivity contribution < 1.29 is 45.2 Å². The van der Waals surface area contributed by atoms with Gasteiger partial charge in [0.15, 0.2) is 6.29 Å². The molecule has 2 aliphatic rings. The van der Waals surface area contributed by atoms with Crippen LogP contribution in [0.15, 0.2) is 0 Å². The highest BCUT2D eigenvalue weighted by Gasteiger charge is 2.45. The Bertz CT molecular complexity index is 360. The van der Waals surface area contributed by atoms with E-state index in [4.69, 9.17) is 9.47 Å². The largest absolute Gasteiger partial charge is 0.395 e. The number of methoxy groups -OCH3 is 1. The van der Waals surface area contributed by atoms with Gasteiger partial charge in [-0.3, -0.25) is 0 Å². The predicted octanol–water partition coefficient (Wildman–Crippen LogP) is -4.36. The van der Waals surface area contributed by atoms with Crippen molar-refractivity contribution in [1.29, 1.82) is 0 Å². The zero-order chi connectivity index (χ0) is 18.0. The summed E-state index contributed by atoms with van der Waals surface area (Å²) in [6.45, 7) is -0.416. The fourth-order valence-electron chi connectivity index (χ4n) is 3.26. The van der Waals surface area contributed by atoms with Crippen LogP contribution in [0.1, 0.15) is 12.8 Å². The van der Waals surface area contributed by atoms with E-state index in [0.29, 0.717) is 0 Å². The lowest BCUT2D eigenvalue weighted by atomic mass is 9.86. The second kappa shape index (κ2) is 8.32. The highest BCUT2D eigenvalue weighted by molar-refractivity contribution is 4.99. The highest BCUT2D eigenvalue weighted by atomic mass is 16.7. The molecular formula is C14H27NO9. The van der Waals surface area contributed by atoms with Gasteiger partial charge in [-0.15, -0.1) is 0 Å². The van der Waals surface area contributed by atoms with Crippen molar-refractivity contribution in [1.82, 2.24) is 5.32 Å². The molecule has 0 amide bonds. The smallest absolute Gasteiger partial charge is 0.186 e. The first-order valence-corrected chi connectivity index (χ1v) is 7.95. The van der Waals surface area contributed by atoms with Gasteiger partial charge >= 0.3 is 0 Å². The Balaban J connectivity index is 1.96. The molecule has 2 unspecified atom stereocenters. The van der Waals surface area contributed by atoms with Gasteiger partial charge in [-0.1, -0.05) is 0 Å². The molecule has 10 atom stereocenters. The Morgan fingerprint density at radius 3 is 1.96 bits per heavy atom. The normalized spacial score (nSPS) is 50.0. The third-order valence-electron chi connectivity index (χ3n) is 4.81. The number of aliphatic hydroxyl groups excluding tert-OH is 7. The van der Waals surface area contributed by atoms with Crippen LogP contribution in [0.2, 0.25) is 0 Å². The average molecular weight is 353 g/mol. The number of piperidine rings is 1. The minimum absolute atomic E-state index is 0.181. The monoisotopic (exact) mass is 353 g/mol. The first kappa shape index (κ1) is 19.9. The summed E-state index contributed by atoms with van der Waals surface area (Å²) in [6.07, 6.45) is -9.66. The minimum atomic E-state index is -1.43. The maximum absolute atomic E-state index is 10.0. The number of ether oxygens (including phenoxy) is 2. The van der Waals surface area contributed by atoms with Gasteiger partial charge in [0, 0.05) is 13.2 Å². The molecule has 8 N–H and O–H groups in total. The van der Waals surface area contributed by atoms with Gasteiger partial charge in [0.2, 0.25) is 0 Å². The molecule has 10 nitrogen and oxygen atoms in total. The molecule has 0 radical (unpaired) electrons. The first-order valence-electron chi connectivity index (χ1n) is 7.95. The third kappa shape index (κ3) is 3.88. The van der Waals surface area contributed by atoms with Gasteiger partial charge in [0.1, 0.15) is 24.4 Å². The van der Waals surface area contributed by atoms with E-state index in [2.05, 4.69) is 5.32 Å². The van der Waals surface area contributed by atoms with Crippen LogP contribution in [-0.4, -0.2) is 111 Å². The summed E-state index contributed by atoms with van der Waals surface area (Å²) in [7, 11) is 1.30. The molecular weight excluding hydrogens is 326 g/mol. The molecule has 0 aromatic heterocycles. The van der Waals surface area contributed by atoms with Crippen LogP contribution >= 0.6 is 0 Å². The van der Waals surface area contributed by atoms with Crippen molar-refractivity contribution in [2.75, 3.05) is 13.7 Å². The topological polar surface area (TPSA) is 172 Å². The zero-order valence-electron chi connectivity index (χ0n) is 13.3. The summed E-state index contributed by atoms with van der Waals surface area (Å²) in [6, 6.07) is -1.44. The minimum Gasteiger partial charge on any atom is -0.395 e. The van der Waals surface area contributed by atoms with E-state index in [-0.39, 0.29) is 12.8 Å². The van der Waals surface area contributed by atoms with Gasteiger partial charge in [-0.2, -0.15) is 0 Å². The highest BCUT2D eigenvalue weighted by Crippen LogP contribution is 2.26. The van der Waals surface area contributed by atoms with Crippen molar-refractivity contribution >= 4 is 0 Å². The van der Waals surface area contributed by atoms with Gasteiger partial charge in [0.05, 0.1) is 31.0 Å². The zero-order valence-corrected chi connectivity index (χ0v) is 13.3. The maximum atomic E-state index is 10.0. The summed E-state index contributed by atoms with van der Waals surface area (Å²) in [5.41, 5.74) is 0. The summed E-state index contributed by atoms with van der Waals surface area (Å²) >= 11 is 0. The fraction of sp³-hybridized carbons (Fsp3) is 1.00.